The Bertz CT molecular complexity index is 2510. The fourth-order valence-electron chi connectivity index (χ4n) is 1.41. The predicted molar refractivity (Wildman–Crippen MR) is 49.5 cm³/mol. The number of rotatable bonds is 24. The summed E-state index contributed by atoms with van der Waals surface area (Å²) in [6, 6.07) is 0. The van der Waals surface area contributed by atoms with Crippen molar-refractivity contribution in [3.05, 3.63) is 0 Å². The fraction of sp³-hybridized carbons (Fsp3) is 0. The van der Waals surface area contributed by atoms with E-state index in [0.717, 1.165) is 0 Å². The Morgan fingerprint density at radius 3 is 0.537 bits per heavy atom. The second-order valence-electron chi connectivity index (χ2n) is 6.24. The van der Waals surface area contributed by atoms with Gasteiger partial charge < -0.3 is 0 Å². The number of hydrogen-bond donors (Lipinski definition) is 3. The van der Waals surface area contributed by atoms with Crippen molar-refractivity contribution in [2.75, 3.05) is 0 Å². The van der Waals surface area contributed by atoms with Crippen LogP contribution in [0.15, 0.2) is 0 Å². The molecule has 322 valence electrons. The van der Waals surface area contributed by atoms with E-state index in [1.165, 1.54) is 0 Å². The molecule has 0 aliphatic heterocycles. The molecular formula is H3BiMo12O40P+3. The van der Waals surface area contributed by atoms with Crippen LogP contribution in [0.2, 0.25) is 0 Å². The minimum absolute atomic E-state index is 0. The molecule has 0 rings (SSSR count). The van der Waals surface area contributed by atoms with Crippen molar-refractivity contribution >= 4 is 34.0 Å². The van der Waals surface area contributed by atoms with Gasteiger partial charge in [-0.15, -0.1) is 0 Å². The van der Waals surface area contributed by atoms with Crippen LogP contribution in [-0.2, 0) is 315 Å². The minimum atomic E-state index is -8.79. The summed E-state index contributed by atoms with van der Waals surface area (Å²) in [6.45, 7) is 0. The maximum Gasteiger partial charge on any atom is 3.00 e. The molecule has 0 amide bonds. The summed E-state index contributed by atoms with van der Waals surface area (Å²) in [5, 5.41) is 0. The average molecular weight is 2030 g/mol. The summed E-state index contributed by atoms with van der Waals surface area (Å²) in [5.74, 6) is 0. The molecule has 0 atom stereocenters. The van der Waals surface area contributed by atoms with Crippen molar-refractivity contribution < 1.29 is 326 Å². The Morgan fingerprint density at radius 2 is 0.389 bits per heavy atom. The van der Waals surface area contributed by atoms with Gasteiger partial charge in [0.2, 0.25) is 0 Å². The summed E-state index contributed by atoms with van der Waals surface area (Å²) in [6.07, 6.45) is 0. The van der Waals surface area contributed by atoms with E-state index in [9.17, 15) is 86.1 Å². The summed E-state index contributed by atoms with van der Waals surface area (Å²) < 4.78 is 347. The van der Waals surface area contributed by atoms with Crippen molar-refractivity contribution in [1.29, 1.82) is 0 Å². The molecule has 0 unspecified atom stereocenters. The molecule has 40 nitrogen and oxygen atoms in total. The van der Waals surface area contributed by atoms with E-state index in [-0.39, 0.29) is 26.2 Å². The van der Waals surface area contributed by atoms with E-state index < -0.39 is 209 Å². The predicted octanol–water partition coefficient (Wildman–Crippen LogP) is -5.01. The van der Waals surface area contributed by atoms with Crippen molar-refractivity contribution in [1.82, 2.24) is 0 Å². The molecule has 0 heterocycles. The summed E-state index contributed by atoms with van der Waals surface area (Å²) >= 11 is -97.4. The third-order valence-electron chi connectivity index (χ3n) is 2.06. The first-order valence-corrected chi connectivity index (χ1v) is 49.8. The van der Waals surface area contributed by atoms with E-state index in [4.69, 9.17) is 11.3 Å². The molecule has 0 aromatic rings. The Morgan fingerprint density at radius 1 is 0.259 bits per heavy atom. The van der Waals surface area contributed by atoms with Gasteiger partial charge in [0.05, 0.1) is 0 Å². The molecule has 0 aromatic heterocycles. The van der Waals surface area contributed by atoms with Crippen LogP contribution in [0.5, 0.6) is 0 Å². The van der Waals surface area contributed by atoms with Gasteiger partial charge in [0.25, 0.3) is 0 Å². The Kier molecular flexibility index (Phi) is 22.5. The molecule has 0 aliphatic rings. The number of phosphoric acid groups is 1. The van der Waals surface area contributed by atoms with Gasteiger partial charge in [-0.3, -0.25) is 0 Å². The van der Waals surface area contributed by atoms with Gasteiger partial charge in [-0.25, -0.2) is 0 Å². The van der Waals surface area contributed by atoms with Crippen LogP contribution in [-0.4, -0.2) is 37.5 Å². The van der Waals surface area contributed by atoms with E-state index >= 15 is 0 Å². The molecule has 0 fully saturated rings. The summed E-state index contributed by atoms with van der Waals surface area (Å²) in [7, 11) is -7.91. The molecule has 54 heteroatoms. The van der Waals surface area contributed by atoms with Crippen LogP contribution in [0.3, 0.4) is 0 Å². The molecule has 0 aromatic carbocycles. The van der Waals surface area contributed by atoms with Crippen molar-refractivity contribution in [3.63, 3.8) is 0 Å². The quantitative estimate of drug-likeness (QED) is 0.0602. The van der Waals surface area contributed by atoms with Crippen LogP contribution in [0.25, 0.3) is 0 Å². The monoisotopic (exact) mass is 2060 g/mol. The zero-order valence-corrected chi connectivity index (χ0v) is 50.7. The molecule has 2 radical (unpaired) electrons. The van der Waals surface area contributed by atoms with Gasteiger partial charge in [-0.1, -0.05) is 0 Å². The average Bonchev–Trinajstić information content (AvgIpc) is 2.58. The van der Waals surface area contributed by atoms with Crippen LogP contribution >= 0.6 is 7.82 Å². The van der Waals surface area contributed by atoms with Gasteiger partial charge in [0.1, 0.15) is 0 Å². The van der Waals surface area contributed by atoms with E-state index in [2.05, 4.69) is 27.9 Å². The third-order valence-corrected chi connectivity index (χ3v) is 62.5. The number of hydrogen-bond acceptors (Lipinski definition) is 37. The third kappa shape index (κ3) is 29.3. The molecular weight excluding hydrogens is 2030 g/mol. The maximum absolute atomic E-state index is 12.8. The van der Waals surface area contributed by atoms with Gasteiger partial charge in [-0.05, 0) is 0 Å². The molecule has 0 spiro atoms. The maximum atomic E-state index is 12.8. The van der Waals surface area contributed by atoms with Crippen LogP contribution < -0.4 is 0 Å². The SMILES string of the molecule is O=P([O][Mo](=[O])(=[O])[O][Mo](=[O])(=[O])[O][Mo](=[O])(=[O])[O][Mo](=[O])(=[O])[OH])([O][Mo](=[O])(=[O])[O][Mo](=[O])(=[O])[O][Mo](=[O])(=[O])[O][Mo](=[O])(=[O])[OH])[O][Mo](=[O])(=[O])[O][Mo](=[O])(=[O])[O][Mo](=[O])(=[O])[O][Mo](=[O])(=[O])[OH].[Bi+3]. The second kappa shape index (κ2) is 20.2. The zero-order chi connectivity index (χ0) is 43.0. The van der Waals surface area contributed by atoms with Crippen molar-refractivity contribution in [3.8, 4) is 0 Å². The molecule has 0 saturated carbocycles. The molecule has 54 heavy (non-hydrogen) atoms. The molecule has 0 bridgehead atoms. The molecule has 3 N–H and O–H groups in total. The van der Waals surface area contributed by atoms with Crippen LogP contribution in [0, 0.1) is 0 Å². The Balaban J connectivity index is 0. The largest absolute Gasteiger partial charge is 3.00 e. The fourth-order valence-corrected chi connectivity index (χ4v) is 60.4. The van der Waals surface area contributed by atoms with E-state index in [1.54, 1.807) is 0 Å². The van der Waals surface area contributed by atoms with Gasteiger partial charge in [0, 0.05) is 0 Å². The second-order valence-corrected chi connectivity index (χ2v) is 56.1. The van der Waals surface area contributed by atoms with Crippen molar-refractivity contribution in [2.24, 2.45) is 0 Å². The first-order chi connectivity index (χ1) is 22.5. The van der Waals surface area contributed by atoms with Crippen LogP contribution in [0.4, 0.5) is 0 Å². The topological polar surface area (TPSA) is 598 Å². The Hall–Kier alpha value is 3.97. The first kappa shape index (κ1) is 60.1. The summed E-state index contributed by atoms with van der Waals surface area (Å²) in [4.78, 5) is 0. The normalized spacial score (nSPS) is 15.3. The van der Waals surface area contributed by atoms with Gasteiger partial charge >= 0.3 is 360 Å². The minimum Gasteiger partial charge on any atom is 3.00 e. The Labute approximate surface area is 353 Å². The molecule has 0 aliphatic carbocycles. The van der Waals surface area contributed by atoms with E-state index in [0.29, 0.717) is 0 Å². The van der Waals surface area contributed by atoms with Crippen LogP contribution in [0.1, 0.15) is 0 Å². The van der Waals surface area contributed by atoms with E-state index in [1.807, 2.05) is 0 Å². The first-order valence-electron chi connectivity index (χ1n) is 8.78. The van der Waals surface area contributed by atoms with Gasteiger partial charge in [-0.2, -0.15) is 0 Å². The zero-order valence-electron chi connectivity index (χ0n) is 22.2. The van der Waals surface area contributed by atoms with Crippen molar-refractivity contribution in [2.45, 2.75) is 0 Å². The van der Waals surface area contributed by atoms with Gasteiger partial charge in [0.15, 0.2) is 0 Å². The summed E-state index contributed by atoms with van der Waals surface area (Å²) in [5.41, 5.74) is 0. The molecule has 0 saturated heterocycles. The standard InChI is InChI=1S/Bi.12Mo.H3O4P.3H2O.33O/c;;;;;;;;;;;;;1-5(2,3)4;;;;;;;;;;;;;;;;;;;;;;;;;;;;;;;;;;;;/h;;;;;;;;;;;;;(H3,1,2,3,4);3*1H2;;;;;;;;;;;;;;;;;;;;;;;;;;;;;;;;;/q+3;;;;;;;6*+1;;;;;;;;;;;;;;;;;;;;;;;;;;;;;;;;;;;;;/p-6. The smallest absolute Gasteiger partial charge is 3.00 e.